The SMILES string of the molecule is COc1ccc(Sc2ccc(=O)n(-c3ccc(C(=O)NCCc4ccc(Cl)cc4)cc3)n2)cc1. The fraction of sp³-hybridized carbons (Fsp3) is 0.115. The number of halogens is 1. The number of nitrogens with zero attached hydrogens (tertiary/aromatic N) is 2. The van der Waals surface area contributed by atoms with Crippen molar-refractivity contribution in [3.63, 3.8) is 0 Å². The van der Waals surface area contributed by atoms with Crippen LogP contribution in [0.25, 0.3) is 5.69 Å². The second kappa shape index (κ2) is 11.0. The summed E-state index contributed by atoms with van der Waals surface area (Å²) in [5.74, 6) is 0.598. The summed E-state index contributed by atoms with van der Waals surface area (Å²) >= 11 is 7.34. The van der Waals surface area contributed by atoms with E-state index in [-0.39, 0.29) is 11.5 Å². The molecule has 0 aliphatic carbocycles. The summed E-state index contributed by atoms with van der Waals surface area (Å²) in [6, 6.07) is 25.1. The molecule has 0 spiro atoms. The fourth-order valence-electron chi connectivity index (χ4n) is 3.23. The molecule has 0 saturated carbocycles. The smallest absolute Gasteiger partial charge is 0.271 e. The minimum absolute atomic E-state index is 0.176. The quantitative estimate of drug-likeness (QED) is 0.374. The van der Waals surface area contributed by atoms with Gasteiger partial charge in [-0.1, -0.05) is 35.5 Å². The van der Waals surface area contributed by atoms with Gasteiger partial charge in [0.1, 0.15) is 10.8 Å². The summed E-state index contributed by atoms with van der Waals surface area (Å²) in [7, 11) is 1.62. The number of methoxy groups -OCH3 is 1. The highest BCUT2D eigenvalue weighted by Gasteiger charge is 2.09. The lowest BCUT2D eigenvalue weighted by atomic mass is 10.1. The Balaban J connectivity index is 1.41. The van der Waals surface area contributed by atoms with Gasteiger partial charge in [-0.2, -0.15) is 9.78 Å². The molecule has 0 unspecified atom stereocenters. The van der Waals surface area contributed by atoms with Crippen molar-refractivity contribution in [1.82, 2.24) is 15.1 Å². The highest BCUT2D eigenvalue weighted by Crippen LogP contribution is 2.27. The highest BCUT2D eigenvalue weighted by atomic mass is 35.5. The molecule has 1 N–H and O–H groups in total. The fourth-order valence-corrected chi connectivity index (χ4v) is 4.12. The van der Waals surface area contributed by atoms with Crippen molar-refractivity contribution in [3.05, 3.63) is 111 Å². The molecule has 1 heterocycles. The predicted molar refractivity (Wildman–Crippen MR) is 134 cm³/mol. The molecule has 8 heteroatoms. The van der Waals surface area contributed by atoms with E-state index in [4.69, 9.17) is 16.3 Å². The summed E-state index contributed by atoms with van der Waals surface area (Å²) in [4.78, 5) is 25.9. The van der Waals surface area contributed by atoms with Gasteiger partial charge in [-0.15, -0.1) is 0 Å². The number of hydrogen-bond donors (Lipinski definition) is 1. The Kier molecular flexibility index (Phi) is 7.67. The molecule has 0 aliphatic rings. The monoisotopic (exact) mass is 491 g/mol. The molecule has 0 bridgehead atoms. The molecule has 4 rings (SSSR count). The van der Waals surface area contributed by atoms with Crippen molar-refractivity contribution in [1.29, 1.82) is 0 Å². The maximum absolute atomic E-state index is 12.5. The molecular weight excluding hydrogens is 470 g/mol. The average molecular weight is 492 g/mol. The van der Waals surface area contributed by atoms with E-state index < -0.39 is 0 Å². The van der Waals surface area contributed by atoms with Crippen LogP contribution in [0.15, 0.2) is 99.6 Å². The molecule has 0 radical (unpaired) electrons. The number of carbonyl (C=O) groups is 1. The van der Waals surface area contributed by atoms with Gasteiger partial charge in [0.2, 0.25) is 0 Å². The number of carbonyl (C=O) groups excluding carboxylic acids is 1. The number of benzene rings is 3. The Morgan fingerprint density at radius 3 is 2.35 bits per heavy atom. The Morgan fingerprint density at radius 1 is 0.971 bits per heavy atom. The van der Waals surface area contributed by atoms with Crippen LogP contribution >= 0.6 is 23.4 Å². The number of hydrogen-bond acceptors (Lipinski definition) is 5. The summed E-state index contributed by atoms with van der Waals surface area (Å²) in [5.41, 5.74) is 1.94. The number of ether oxygens (including phenoxy) is 1. The Hall–Kier alpha value is -3.55. The molecule has 6 nitrogen and oxygen atoms in total. The number of nitrogens with one attached hydrogen (secondary N) is 1. The third-order valence-corrected chi connectivity index (χ3v) is 6.23. The molecule has 0 fully saturated rings. The Morgan fingerprint density at radius 2 is 1.68 bits per heavy atom. The third kappa shape index (κ3) is 6.07. The second-order valence-electron chi connectivity index (χ2n) is 7.38. The first-order valence-corrected chi connectivity index (χ1v) is 11.8. The minimum Gasteiger partial charge on any atom is -0.497 e. The maximum Gasteiger partial charge on any atom is 0.271 e. The van der Waals surface area contributed by atoms with Crippen molar-refractivity contribution in [2.75, 3.05) is 13.7 Å². The van der Waals surface area contributed by atoms with Crippen molar-refractivity contribution >= 4 is 29.3 Å². The van der Waals surface area contributed by atoms with Gasteiger partial charge in [0.25, 0.3) is 11.5 Å². The normalized spacial score (nSPS) is 10.6. The van der Waals surface area contributed by atoms with Crippen LogP contribution < -0.4 is 15.6 Å². The van der Waals surface area contributed by atoms with E-state index in [1.807, 2.05) is 48.5 Å². The van der Waals surface area contributed by atoms with Crippen molar-refractivity contribution in [2.24, 2.45) is 0 Å². The van der Waals surface area contributed by atoms with Crippen LogP contribution in [-0.2, 0) is 6.42 Å². The third-order valence-electron chi connectivity index (χ3n) is 5.04. The van der Waals surface area contributed by atoms with Gasteiger partial charge >= 0.3 is 0 Å². The molecule has 172 valence electrons. The zero-order valence-electron chi connectivity index (χ0n) is 18.4. The van der Waals surface area contributed by atoms with Gasteiger partial charge in [-0.25, -0.2) is 0 Å². The van der Waals surface area contributed by atoms with Crippen molar-refractivity contribution in [2.45, 2.75) is 16.3 Å². The van der Waals surface area contributed by atoms with Crippen LogP contribution in [0, 0.1) is 0 Å². The van der Waals surface area contributed by atoms with Crippen LogP contribution in [0.3, 0.4) is 0 Å². The van der Waals surface area contributed by atoms with Crippen LogP contribution in [0.4, 0.5) is 0 Å². The lowest BCUT2D eigenvalue weighted by molar-refractivity contribution is 0.0954. The molecule has 4 aromatic rings. The highest BCUT2D eigenvalue weighted by molar-refractivity contribution is 7.99. The number of rotatable bonds is 8. The standard InChI is InChI=1S/C26H22ClN3O3S/c1-33-22-10-12-23(13-11-22)34-24-14-15-25(31)30(29-24)21-8-4-19(5-9-21)26(32)28-17-16-18-2-6-20(27)7-3-18/h2-15H,16-17H2,1H3,(H,28,32). The van der Waals surface area contributed by atoms with Crippen molar-refractivity contribution < 1.29 is 9.53 Å². The Labute approximate surface area is 206 Å². The van der Waals surface area contributed by atoms with Crippen LogP contribution in [0.5, 0.6) is 5.75 Å². The molecule has 0 saturated heterocycles. The molecule has 0 aliphatic heterocycles. The topological polar surface area (TPSA) is 73.2 Å². The Bertz CT molecular complexity index is 1320. The summed E-state index contributed by atoms with van der Waals surface area (Å²) in [6.45, 7) is 0.508. The van der Waals surface area contributed by atoms with E-state index in [0.717, 1.165) is 16.2 Å². The van der Waals surface area contributed by atoms with E-state index in [0.29, 0.717) is 34.3 Å². The van der Waals surface area contributed by atoms with Crippen LogP contribution in [0.1, 0.15) is 15.9 Å². The van der Waals surface area contributed by atoms with Gasteiger partial charge in [0.05, 0.1) is 12.8 Å². The first kappa shape index (κ1) is 23.6. The molecule has 3 aromatic carbocycles. The van der Waals surface area contributed by atoms with Crippen LogP contribution in [-0.4, -0.2) is 29.3 Å². The number of amides is 1. The summed E-state index contributed by atoms with van der Waals surface area (Å²) in [5, 5.41) is 8.74. The van der Waals surface area contributed by atoms with E-state index in [9.17, 15) is 9.59 Å². The zero-order chi connectivity index (χ0) is 23.9. The van der Waals surface area contributed by atoms with Crippen molar-refractivity contribution in [3.8, 4) is 11.4 Å². The van der Waals surface area contributed by atoms with E-state index in [2.05, 4.69) is 10.4 Å². The van der Waals surface area contributed by atoms with E-state index in [1.54, 1.807) is 37.4 Å². The maximum atomic E-state index is 12.5. The molecule has 1 amide bonds. The van der Waals surface area contributed by atoms with Gasteiger partial charge < -0.3 is 10.1 Å². The number of aromatic nitrogens is 2. The summed E-state index contributed by atoms with van der Waals surface area (Å²) in [6.07, 6.45) is 0.707. The molecule has 34 heavy (non-hydrogen) atoms. The first-order chi connectivity index (χ1) is 16.5. The molecular formula is C26H22ClN3O3S. The van der Waals surface area contributed by atoms with Crippen LogP contribution in [0.2, 0.25) is 5.02 Å². The van der Waals surface area contributed by atoms with Gasteiger partial charge in [-0.05, 0) is 78.7 Å². The lowest BCUT2D eigenvalue weighted by Gasteiger charge is -2.09. The average Bonchev–Trinajstić information content (AvgIpc) is 2.87. The zero-order valence-corrected chi connectivity index (χ0v) is 20.0. The van der Waals surface area contributed by atoms with Gasteiger partial charge in [0.15, 0.2) is 0 Å². The minimum atomic E-state index is -0.251. The predicted octanol–water partition coefficient (Wildman–Crippen LogP) is 5.02. The van der Waals surface area contributed by atoms with Gasteiger partial charge in [-0.3, -0.25) is 9.59 Å². The largest absolute Gasteiger partial charge is 0.497 e. The lowest BCUT2D eigenvalue weighted by Crippen LogP contribution is -2.26. The van der Waals surface area contributed by atoms with Gasteiger partial charge in [0, 0.05) is 28.1 Å². The van der Waals surface area contributed by atoms with E-state index >= 15 is 0 Å². The first-order valence-electron chi connectivity index (χ1n) is 10.6. The summed E-state index contributed by atoms with van der Waals surface area (Å²) < 4.78 is 6.51. The molecule has 0 atom stereocenters. The van der Waals surface area contributed by atoms with E-state index in [1.165, 1.54) is 22.5 Å². The second-order valence-corrected chi connectivity index (χ2v) is 8.91. The molecule has 1 aromatic heterocycles.